The quantitative estimate of drug-likeness (QED) is 0.895. The van der Waals surface area contributed by atoms with Crippen molar-refractivity contribution in [2.75, 3.05) is 56.2 Å². The van der Waals surface area contributed by atoms with Gasteiger partial charge in [0.25, 0.3) is 5.88 Å². The number of ether oxygens (including phenoxy) is 2. The average molecular weight is 341 g/mol. The highest BCUT2D eigenvalue weighted by Gasteiger charge is 2.25. The van der Waals surface area contributed by atoms with Gasteiger partial charge >= 0.3 is 0 Å². The van der Waals surface area contributed by atoms with Crippen LogP contribution in [0.2, 0.25) is 0 Å². The van der Waals surface area contributed by atoms with E-state index in [-0.39, 0.29) is 6.10 Å². The number of anilines is 2. The molecule has 1 unspecified atom stereocenters. The number of aromatic nitrogens is 2. The molecule has 1 aromatic carbocycles. The number of hydrogen-bond acceptors (Lipinski definition) is 7. The van der Waals surface area contributed by atoms with Gasteiger partial charge in [-0.2, -0.15) is 0 Å². The summed E-state index contributed by atoms with van der Waals surface area (Å²) >= 11 is 0. The number of benzene rings is 1. The molecule has 0 bridgehead atoms. The van der Waals surface area contributed by atoms with E-state index in [9.17, 15) is 0 Å². The Hall–Kier alpha value is -2.54. The molecule has 2 aromatic rings. The largest absolute Gasteiger partial charge is 0.483 e. The summed E-state index contributed by atoms with van der Waals surface area (Å²) in [4.78, 5) is 13.3. The van der Waals surface area contributed by atoms with Crippen molar-refractivity contribution in [2.45, 2.75) is 6.10 Å². The third-order valence-electron chi connectivity index (χ3n) is 4.52. The maximum Gasteiger partial charge on any atom is 0.257 e. The molecule has 0 saturated carbocycles. The van der Waals surface area contributed by atoms with Gasteiger partial charge in [0.15, 0.2) is 11.9 Å². The SMILES string of the molecule is CN1CC(COc2nccnc2N2CCNCC2)Oc2ccccc21. The topological polar surface area (TPSA) is 62.8 Å². The Morgan fingerprint density at radius 1 is 1.20 bits per heavy atom. The van der Waals surface area contributed by atoms with Crippen LogP contribution >= 0.6 is 0 Å². The van der Waals surface area contributed by atoms with Gasteiger partial charge in [0.05, 0.1) is 12.2 Å². The van der Waals surface area contributed by atoms with Crippen molar-refractivity contribution in [3.8, 4) is 11.6 Å². The summed E-state index contributed by atoms with van der Waals surface area (Å²) in [5.41, 5.74) is 1.11. The van der Waals surface area contributed by atoms with Gasteiger partial charge < -0.3 is 24.6 Å². The van der Waals surface area contributed by atoms with Crippen LogP contribution < -0.4 is 24.6 Å². The van der Waals surface area contributed by atoms with E-state index in [1.54, 1.807) is 12.4 Å². The van der Waals surface area contributed by atoms with Gasteiger partial charge in [-0.3, -0.25) is 0 Å². The molecule has 1 aromatic heterocycles. The summed E-state index contributed by atoms with van der Waals surface area (Å²) in [6.45, 7) is 4.93. The Balaban J connectivity index is 1.44. The molecule has 1 fully saturated rings. The van der Waals surface area contributed by atoms with Crippen molar-refractivity contribution in [3.05, 3.63) is 36.7 Å². The number of piperazine rings is 1. The fourth-order valence-corrected chi connectivity index (χ4v) is 3.26. The van der Waals surface area contributed by atoms with Gasteiger partial charge in [-0.25, -0.2) is 9.97 Å². The van der Waals surface area contributed by atoms with E-state index >= 15 is 0 Å². The lowest BCUT2D eigenvalue weighted by molar-refractivity contribution is 0.123. The summed E-state index contributed by atoms with van der Waals surface area (Å²) in [5, 5.41) is 3.35. The van der Waals surface area contributed by atoms with Crippen LogP contribution in [-0.4, -0.2) is 62.5 Å². The van der Waals surface area contributed by atoms with Crippen molar-refractivity contribution in [1.29, 1.82) is 0 Å². The van der Waals surface area contributed by atoms with Crippen LogP contribution in [0.3, 0.4) is 0 Å². The molecule has 0 aliphatic carbocycles. The van der Waals surface area contributed by atoms with Gasteiger partial charge in [-0.15, -0.1) is 0 Å². The van der Waals surface area contributed by atoms with Crippen LogP contribution in [0.25, 0.3) is 0 Å². The molecular weight excluding hydrogens is 318 g/mol. The lowest BCUT2D eigenvalue weighted by atomic mass is 10.2. The highest BCUT2D eigenvalue weighted by molar-refractivity contribution is 5.59. The second-order valence-electron chi connectivity index (χ2n) is 6.32. The Labute approximate surface area is 147 Å². The van der Waals surface area contributed by atoms with E-state index in [0.29, 0.717) is 12.5 Å². The van der Waals surface area contributed by atoms with Gasteiger partial charge in [-0.1, -0.05) is 12.1 Å². The third-order valence-corrected chi connectivity index (χ3v) is 4.52. The van der Waals surface area contributed by atoms with Gasteiger partial charge in [0, 0.05) is 45.6 Å². The number of nitrogens with zero attached hydrogens (tertiary/aromatic N) is 4. The molecule has 25 heavy (non-hydrogen) atoms. The number of hydrogen-bond donors (Lipinski definition) is 1. The van der Waals surface area contributed by atoms with Gasteiger partial charge in [0.2, 0.25) is 0 Å². The molecule has 0 radical (unpaired) electrons. The molecule has 1 atom stereocenters. The van der Waals surface area contributed by atoms with Crippen LogP contribution in [0.1, 0.15) is 0 Å². The predicted octanol–water partition coefficient (Wildman–Crippen LogP) is 1.16. The summed E-state index contributed by atoms with van der Waals surface area (Å²) < 4.78 is 12.1. The Morgan fingerprint density at radius 3 is 2.88 bits per heavy atom. The minimum Gasteiger partial charge on any atom is -0.483 e. The highest BCUT2D eigenvalue weighted by Crippen LogP contribution is 2.32. The van der Waals surface area contributed by atoms with E-state index in [1.807, 2.05) is 18.2 Å². The second-order valence-corrected chi connectivity index (χ2v) is 6.32. The zero-order valence-electron chi connectivity index (χ0n) is 14.4. The molecule has 1 N–H and O–H groups in total. The zero-order chi connectivity index (χ0) is 17.1. The summed E-state index contributed by atoms with van der Waals surface area (Å²) in [5.74, 6) is 2.29. The number of fused-ring (bicyclic) bond motifs is 1. The van der Waals surface area contributed by atoms with E-state index in [2.05, 4.69) is 38.2 Å². The molecule has 1 saturated heterocycles. The maximum atomic E-state index is 6.07. The standard InChI is InChI=1S/C18H23N5O2/c1-22-12-14(25-16-5-3-2-4-15(16)22)13-24-18-17(20-6-7-21-18)23-10-8-19-9-11-23/h2-7,14,19H,8-13H2,1H3. The lowest BCUT2D eigenvalue weighted by Gasteiger charge is -2.34. The van der Waals surface area contributed by atoms with E-state index in [1.165, 1.54) is 0 Å². The first kappa shape index (κ1) is 16.0. The fraction of sp³-hybridized carbons (Fsp3) is 0.444. The molecule has 0 amide bonds. The first-order valence-electron chi connectivity index (χ1n) is 8.67. The molecule has 7 nitrogen and oxygen atoms in total. The Kier molecular flexibility index (Phi) is 4.56. The average Bonchev–Trinajstić information content (AvgIpc) is 2.67. The number of nitrogens with one attached hydrogen (secondary N) is 1. The van der Waals surface area contributed by atoms with E-state index in [0.717, 1.165) is 50.0 Å². The Bertz CT molecular complexity index is 720. The number of rotatable bonds is 4. The highest BCUT2D eigenvalue weighted by atomic mass is 16.5. The molecule has 2 aliphatic rings. The van der Waals surface area contributed by atoms with Crippen LogP contribution in [-0.2, 0) is 0 Å². The molecule has 3 heterocycles. The Morgan fingerprint density at radius 2 is 2.00 bits per heavy atom. The fourth-order valence-electron chi connectivity index (χ4n) is 3.26. The first-order chi connectivity index (χ1) is 12.3. The van der Waals surface area contributed by atoms with Crippen LogP contribution in [0.5, 0.6) is 11.6 Å². The minimum atomic E-state index is -0.0437. The molecular formula is C18H23N5O2. The smallest absolute Gasteiger partial charge is 0.257 e. The lowest BCUT2D eigenvalue weighted by Crippen LogP contribution is -2.44. The van der Waals surface area contributed by atoms with Crippen molar-refractivity contribution in [1.82, 2.24) is 15.3 Å². The molecule has 132 valence electrons. The number of para-hydroxylation sites is 2. The summed E-state index contributed by atoms with van der Waals surface area (Å²) in [6, 6.07) is 8.07. The molecule has 2 aliphatic heterocycles. The maximum absolute atomic E-state index is 6.07. The molecule has 4 rings (SSSR count). The number of likely N-dealkylation sites (N-methyl/N-ethyl adjacent to an activating group) is 1. The van der Waals surface area contributed by atoms with Crippen molar-refractivity contribution < 1.29 is 9.47 Å². The van der Waals surface area contributed by atoms with Crippen molar-refractivity contribution in [2.24, 2.45) is 0 Å². The van der Waals surface area contributed by atoms with Crippen molar-refractivity contribution >= 4 is 11.5 Å². The second kappa shape index (κ2) is 7.14. The van der Waals surface area contributed by atoms with Crippen LogP contribution in [0.4, 0.5) is 11.5 Å². The summed E-state index contributed by atoms with van der Waals surface area (Å²) in [6.07, 6.45) is 3.34. The van der Waals surface area contributed by atoms with Gasteiger partial charge in [0.1, 0.15) is 12.4 Å². The van der Waals surface area contributed by atoms with Crippen molar-refractivity contribution in [3.63, 3.8) is 0 Å². The van der Waals surface area contributed by atoms with Crippen LogP contribution in [0.15, 0.2) is 36.7 Å². The van der Waals surface area contributed by atoms with Crippen LogP contribution in [0, 0.1) is 0 Å². The normalized spacial score (nSPS) is 20.0. The first-order valence-corrected chi connectivity index (χ1v) is 8.67. The third kappa shape index (κ3) is 3.46. The zero-order valence-corrected chi connectivity index (χ0v) is 14.4. The minimum absolute atomic E-state index is 0.0437. The van der Waals surface area contributed by atoms with E-state index in [4.69, 9.17) is 9.47 Å². The molecule has 7 heteroatoms. The summed E-state index contributed by atoms with van der Waals surface area (Å²) in [7, 11) is 2.07. The molecule has 0 spiro atoms. The van der Waals surface area contributed by atoms with Gasteiger partial charge in [-0.05, 0) is 12.1 Å². The predicted molar refractivity (Wildman–Crippen MR) is 96.7 cm³/mol. The van der Waals surface area contributed by atoms with E-state index < -0.39 is 0 Å². The monoisotopic (exact) mass is 341 g/mol.